The molecule has 3 heterocycles. The first kappa shape index (κ1) is 27.8. The smallest absolute Gasteiger partial charge is 0.328 e. The van der Waals surface area contributed by atoms with Gasteiger partial charge >= 0.3 is 5.97 Å². The predicted molar refractivity (Wildman–Crippen MR) is 150 cm³/mol. The predicted octanol–water partition coefficient (Wildman–Crippen LogP) is 3.71. The van der Waals surface area contributed by atoms with Crippen LogP contribution in [-0.4, -0.2) is 63.2 Å². The molecule has 0 radical (unpaired) electrons. The number of amides is 2. The average Bonchev–Trinajstić information content (AvgIpc) is 3.59. The molecule has 0 unspecified atom stereocenters. The minimum Gasteiger partial charge on any atom is -0.467 e. The van der Waals surface area contributed by atoms with Crippen molar-refractivity contribution in [3.05, 3.63) is 89.1 Å². The van der Waals surface area contributed by atoms with Gasteiger partial charge in [-0.1, -0.05) is 23.7 Å². The summed E-state index contributed by atoms with van der Waals surface area (Å²) in [5, 5.41) is 7.26. The van der Waals surface area contributed by atoms with E-state index < -0.39 is 35.7 Å². The Balaban J connectivity index is 1.33. The maximum absolute atomic E-state index is 13.5. The van der Waals surface area contributed by atoms with Crippen LogP contribution in [0, 0.1) is 5.82 Å². The fourth-order valence-electron chi connectivity index (χ4n) is 4.85. The second-order valence-electron chi connectivity index (χ2n) is 9.66. The Labute approximate surface area is 239 Å². The highest BCUT2D eigenvalue weighted by molar-refractivity contribution is 6.33. The van der Waals surface area contributed by atoms with Crippen molar-refractivity contribution >= 4 is 35.2 Å². The molecule has 2 atom stereocenters. The van der Waals surface area contributed by atoms with E-state index in [-0.39, 0.29) is 29.4 Å². The number of methoxy groups -OCH3 is 1. The topological polar surface area (TPSA) is 132 Å². The first-order valence-corrected chi connectivity index (χ1v) is 13.0. The molecule has 1 fully saturated rings. The lowest BCUT2D eigenvalue weighted by atomic mass is 10.0. The molecule has 0 bridgehead atoms. The number of carbonyl (C=O) groups excluding carboxylic acids is 3. The van der Waals surface area contributed by atoms with Gasteiger partial charge in [-0.3, -0.25) is 14.3 Å². The summed E-state index contributed by atoms with van der Waals surface area (Å²) in [6.07, 6.45) is 5.15. The molecular weight excluding hydrogens is 551 g/mol. The standard InChI is InChI=1S/C29H26ClFN6O4/c1-36-14-19(13-34-36)18-9-23(26(32)33-12-18)27(38)35-21-11-25(29(40)41-2)37(15-21)28(39)17-5-3-16(4-6-17)22-8-7-20(31)10-24(22)30/h3-10,12-14,21,25H,11,15H2,1-2H3,(H2,32,33)(H,35,38)/t21-,25-/m1/s1. The summed E-state index contributed by atoms with van der Waals surface area (Å²) in [6.45, 7) is 0.0749. The number of benzene rings is 2. The number of nitrogens with two attached hydrogens (primary N) is 1. The fourth-order valence-corrected chi connectivity index (χ4v) is 5.13. The number of anilines is 1. The highest BCUT2D eigenvalue weighted by Crippen LogP contribution is 2.30. The minimum absolute atomic E-state index is 0.0481. The van der Waals surface area contributed by atoms with E-state index in [1.165, 1.54) is 24.1 Å². The van der Waals surface area contributed by atoms with Gasteiger partial charge in [0, 0.05) is 60.7 Å². The van der Waals surface area contributed by atoms with Crippen molar-refractivity contribution in [1.82, 2.24) is 25.0 Å². The Hall–Kier alpha value is -4.77. The van der Waals surface area contributed by atoms with E-state index in [1.54, 1.807) is 66.7 Å². The maximum Gasteiger partial charge on any atom is 0.328 e. The van der Waals surface area contributed by atoms with Crippen LogP contribution in [0.4, 0.5) is 10.2 Å². The quantitative estimate of drug-likeness (QED) is 0.334. The minimum atomic E-state index is -0.902. The van der Waals surface area contributed by atoms with Gasteiger partial charge in [0.15, 0.2) is 0 Å². The van der Waals surface area contributed by atoms with Gasteiger partial charge in [-0.25, -0.2) is 14.2 Å². The van der Waals surface area contributed by atoms with Crippen LogP contribution in [0.25, 0.3) is 22.3 Å². The third kappa shape index (κ3) is 5.75. The van der Waals surface area contributed by atoms with Crippen LogP contribution in [0.1, 0.15) is 27.1 Å². The molecule has 1 aliphatic heterocycles. The van der Waals surface area contributed by atoms with E-state index in [1.807, 2.05) is 0 Å². The Kier molecular flexibility index (Phi) is 7.71. The molecule has 12 heteroatoms. The third-order valence-electron chi connectivity index (χ3n) is 6.95. The first-order chi connectivity index (χ1) is 19.6. The molecule has 0 aliphatic carbocycles. The lowest BCUT2D eigenvalue weighted by Crippen LogP contribution is -2.42. The second kappa shape index (κ2) is 11.4. The van der Waals surface area contributed by atoms with Crippen molar-refractivity contribution < 1.29 is 23.5 Å². The zero-order chi connectivity index (χ0) is 29.3. The number of rotatable bonds is 6. The number of ether oxygens (including phenoxy) is 1. The number of halogens is 2. The lowest BCUT2D eigenvalue weighted by molar-refractivity contribution is -0.145. The summed E-state index contributed by atoms with van der Waals surface area (Å²) < 4.78 is 20.0. The molecular formula is C29H26ClFN6O4. The number of pyridine rings is 1. The van der Waals surface area contributed by atoms with Gasteiger partial charge < -0.3 is 20.7 Å². The number of nitrogen functional groups attached to an aromatic ring is 1. The van der Waals surface area contributed by atoms with Crippen LogP contribution in [0.5, 0.6) is 0 Å². The number of aromatic nitrogens is 3. The molecule has 41 heavy (non-hydrogen) atoms. The summed E-state index contributed by atoms with van der Waals surface area (Å²) in [5.74, 6) is -1.88. The summed E-state index contributed by atoms with van der Waals surface area (Å²) in [6, 6.07) is 10.9. The highest BCUT2D eigenvalue weighted by Gasteiger charge is 2.41. The molecule has 1 aliphatic rings. The number of nitrogens with zero attached hydrogens (tertiary/aromatic N) is 4. The molecule has 4 aromatic rings. The number of hydrogen-bond acceptors (Lipinski definition) is 7. The van der Waals surface area contributed by atoms with Gasteiger partial charge in [-0.15, -0.1) is 0 Å². The van der Waals surface area contributed by atoms with Gasteiger partial charge in [0.2, 0.25) is 0 Å². The van der Waals surface area contributed by atoms with Gasteiger partial charge in [0.1, 0.15) is 17.7 Å². The van der Waals surface area contributed by atoms with E-state index in [0.29, 0.717) is 22.3 Å². The summed E-state index contributed by atoms with van der Waals surface area (Å²) in [4.78, 5) is 44.8. The van der Waals surface area contributed by atoms with E-state index in [4.69, 9.17) is 22.1 Å². The van der Waals surface area contributed by atoms with Crippen LogP contribution in [-0.2, 0) is 16.6 Å². The summed E-state index contributed by atoms with van der Waals surface area (Å²) >= 11 is 6.18. The third-order valence-corrected chi connectivity index (χ3v) is 7.26. The second-order valence-corrected chi connectivity index (χ2v) is 10.1. The van der Waals surface area contributed by atoms with Crippen molar-refractivity contribution in [1.29, 1.82) is 0 Å². The van der Waals surface area contributed by atoms with Gasteiger partial charge in [-0.05, 0) is 42.0 Å². The molecule has 210 valence electrons. The molecule has 5 rings (SSSR count). The van der Waals surface area contributed by atoms with Crippen LogP contribution in [0.2, 0.25) is 5.02 Å². The number of aryl methyl sites for hydroxylation is 1. The van der Waals surface area contributed by atoms with Crippen LogP contribution in [0.15, 0.2) is 67.1 Å². The Morgan fingerprint density at radius 1 is 1.07 bits per heavy atom. The van der Waals surface area contributed by atoms with Crippen molar-refractivity contribution in [2.75, 3.05) is 19.4 Å². The molecule has 3 N–H and O–H groups in total. The molecule has 0 spiro atoms. The average molecular weight is 577 g/mol. The van der Waals surface area contributed by atoms with E-state index >= 15 is 0 Å². The normalized spacial score (nSPS) is 16.4. The molecule has 10 nitrogen and oxygen atoms in total. The van der Waals surface area contributed by atoms with Crippen LogP contribution < -0.4 is 11.1 Å². The Morgan fingerprint density at radius 3 is 2.49 bits per heavy atom. The summed E-state index contributed by atoms with van der Waals surface area (Å²) in [5.41, 5.74) is 9.25. The van der Waals surface area contributed by atoms with Crippen molar-refractivity contribution in [2.45, 2.75) is 18.5 Å². The molecule has 2 aromatic heterocycles. The van der Waals surface area contributed by atoms with Gasteiger partial charge in [-0.2, -0.15) is 5.10 Å². The van der Waals surface area contributed by atoms with E-state index in [9.17, 15) is 18.8 Å². The number of likely N-dealkylation sites (tertiary alicyclic amines) is 1. The van der Waals surface area contributed by atoms with E-state index in [2.05, 4.69) is 15.4 Å². The van der Waals surface area contributed by atoms with Crippen LogP contribution >= 0.6 is 11.6 Å². The number of nitrogens with one attached hydrogen (secondary N) is 1. The molecule has 0 saturated carbocycles. The zero-order valence-corrected chi connectivity index (χ0v) is 22.9. The lowest BCUT2D eigenvalue weighted by Gasteiger charge is -2.22. The summed E-state index contributed by atoms with van der Waals surface area (Å²) in [7, 11) is 3.02. The van der Waals surface area contributed by atoms with Crippen molar-refractivity contribution in [3.8, 4) is 22.3 Å². The zero-order valence-electron chi connectivity index (χ0n) is 22.2. The number of esters is 1. The monoisotopic (exact) mass is 576 g/mol. The van der Waals surface area contributed by atoms with E-state index in [0.717, 1.165) is 5.56 Å². The Morgan fingerprint density at radius 2 is 1.83 bits per heavy atom. The Bertz CT molecular complexity index is 1640. The number of hydrogen-bond donors (Lipinski definition) is 2. The largest absolute Gasteiger partial charge is 0.467 e. The van der Waals surface area contributed by atoms with Crippen molar-refractivity contribution in [3.63, 3.8) is 0 Å². The fraction of sp³-hybridized carbons (Fsp3) is 0.207. The highest BCUT2D eigenvalue weighted by atomic mass is 35.5. The SMILES string of the molecule is COC(=O)[C@H]1C[C@@H](NC(=O)c2cc(-c3cnn(C)c3)cnc2N)CN1C(=O)c1ccc(-c2ccc(F)cc2Cl)cc1. The molecule has 2 aromatic carbocycles. The number of carbonyl (C=O) groups is 3. The van der Waals surface area contributed by atoms with Crippen LogP contribution in [0.3, 0.4) is 0 Å². The maximum atomic E-state index is 13.5. The van der Waals surface area contributed by atoms with Crippen molar-refractivity contribution in [2.24, 2.45) is 7.05 Å². The molecule has 2 amide bonds. The first-order valence-electron chi connectivity index (χ1n) is 12.6. The molecule has 1 saturated heterocycles. The van der Waals surface area contributed by atoms with Gasteiger partial charge in [0.25, 0.3) is 11.8 Å². The van der Waals surface area contributed by atoms with Gasteiger partial charge in [0.05, 0.1) is 23.9 Å².